The molecule has 0 aliphatic rings. The lowest BCUT2D eigenvalue weighted by Gasteiger charge is -2.07. The van der Waals surface area contributed by atoms with Crippen molar-refractivity contribution in [2.24, 2.45) is 5.10 Å². The van der Waals surface area contributed by atoms with Gasteiger partial charge in [-0.3, -0.25) is 4.79 Å². The van der Waals surface area contributed by atoms with Gasteiger partial charge in [0.05, 0.1) is 18.4 Å². The predicted octanol–water partition coefficient (Wildman–Crippen LogP) is 3.38. The summed E-state index contributed by atoms with van der Waals surface area (Å²) in [5.41, 5.74) is 3.94. The molecule has 0 fully saturated rings. The summed E-state index contributed by atoms with van der Waals surface area (Å²) < 4.78 is 18.6. The number of ether oxygens (including phenoxy) is 1. The van der Waals surface area contributed by atoms with Crippen LogP contribution in [0.3, 0.4) is 0 Å². The number of hydrogen-bond donors (Lipinski definition) is 1. The van der Waals surface area contributed by atoms with Gasteiger partial charge in [0.2, 0.25) is 0 Å². The van der Waals surface area contributed by atoms with E-state index in [0.717, 1.165) is 11.3 Å². The summed E-state index contributed by atoms with van der Waals surface area (Å²) in [4.78, 5) is 11.9. The number of nitrogens with zero attached hydrogens (tertiary/aromatic N) is 1. The zero-order valence-electron chi connectivity index (χ0n) is 12.5. The van der Waals surface area contributed by atoms with Gasteiger partial charge in [0, 0.05) is 0 Å². The van der Waals surface area contributed by atoms with E-state index in [-0.39, 0.29) is 5.56 Å². The van der Waals surface area contributed by atoms with Gasteiger partial charge < -0.3 is 4.74 Å². The van der Waals surface area contributed by atoms with E-state index in [1.54, 1.807) is 13.2 Å². The van der Waals surface area contributed by atoms with Crippen molar-refractivity contribution >= 4 is 11.6 Å². The smallest absolute Gasteiger partial charge is 0.274 e. The van der Waals surface area contributed by atoms with Gasteiger partial charge in [-0.2, -0.15) is 5.10 Å². The number of halogens is 1. The summed E-state index contributed by atoms with van der Waals surface area (Å²) >= 11 is 0. The third-order valence-corrected chi connectivity index (χ3v) is 3.17. The monoisotopic (exact) mass is 300 g/mol. The first-order valence-electron chi connectivity index (χ1n) is 6.91. The molecule has 22 heavy (non-hydrogen) atoms. The van der Waals surface area contributed by atoms with Gasteiger partial charge >= 0.3 is 0 Å². The summed E-state index contributed by atoms with van der Waals surface area (Å²) in [6.07, 6.45) is 0.629. The van der Waals surface area contributed by atoms with Crippen LogP contribution in [0, 0.1) is 5.82 Å². The van der Waals surface area contributed by atoms with Gasteiger partial charge in [0.15, 0.2) is 0 Å². The van der Waals surface area contributed by atoms with E-state index >= 15 is 0 Å². The molecule has 0 spiro atoms. The highest BCUT2D eigenvalue weighted by Gasteiger charge is 2.10. The summed E-state index contributed by atoms with van der Waals surface area (Å²) in [7, 11) is 1.60. The van der Waals surface area contributed by atoms with Crippen molar-refractivity contribution in [1.29, 1.82) is 0 Å². The Kier molecular flexibility index (Phi) is 5.25. The molecule has 0 heterocycles. The fourth-order valence-corrected chi connectivity index (χ4v) is 1.95. The lowest BCUT2D eigenvalue weighted by atomic mass is 10.1. The molecule has 5 heteroatoms. The topological polar surface area (TPSA) is 50.7 Å². The molecular formula is C17H17FN2O2. The van der Waals surface area contributed by atoms with Crippen molar-refractivity contribution in [3.05, 3.63) is 65.5 Å². The van der Waals surface area contributed by atoms with Crippen LogP contribution >= 0.6 is 0 Å². The van der Waals surface area contributed by atoms with Crippen LogP contribution in [0.1, 0.15) is 29.3 Å². The Balaban J connectivity index is 2.15. The molecular weight excluding hydrogens is 283 g/mol. The summed E-state index contributed by atoms with van der Waals surface area (Å²) in [6.45, 7) is 1.93. The van der Waals surface area contributed by atoms with Gasteiger partial charge in [0.25, 0.3) is 5.91 Å². The molecule has 1 N–H and O–H groups in total. The highest BCUT2D eigenvalue weighted by atomic mass is 19.1. The van der Waals surface area contributed by atoms with E-state index < -0.39 is 11.7 Å². The first-order valence-corrected chi connectivity index (χ1v) is 6.91. The number of nitrogens with one attached hydrogen (secondary N) is 1. The highest BCUT2D eigenvalue weighted by molar-refractivity contribution is 6.02. The van der Waals surface area contributed by atoms with Crippen LogP contribution in [0.4, 0.5) is 4.39 Å². The number of carbonyl (C=O) groups excluding carboxylic acids is 1. The van der Waals surface area contributed by atoms with Crippen LogP contribution in [-0.2, 0) is 0 Å². The van der Waals surface area contributed by atoms with Crippen molar-refractivity contribution < 1.29 is 13.9 Å². The molecule has 0 saturated heterocycles. The minimum absolute atomic E-state index is 0.0311. The number of carbonyl (C=O) groups is 1. The number of hydrazone groups is 1. The van der Waals surface area contributed by atoms with Crippen molar-refractivity contribution in [3.63, 3.8) is 0 Å². The Morgan fingerprint density at radius 3 is 2.45 bits per heavy atom. The van der Waals surface area contributed by atoms with Crippen molar-refractivity contribution in [3.8, 4) is 5.75 Å². The van der Waals surface area contributed by atoms with Crippen LogP contribution in [0.2, 0.25) is 0 Å². The van der Waals surface area contributed by atoms with Gasteiger partial charge in [-0.05, 0) is 48.4 Å². The second-order valence-corrected chi connectivity index (χ2v) is 4.56. The van der Waals surface area contributed by atoms with Crippen molar-refractivity contribution in [1.82, 2.24) is 5.43 Å². The fourth-order valence-electron chi connectivity index (χ4n) is 1.95. The maximum Gasteiger partial charge on any atom is 0.274 e. The summed E-state index contributed by atoms with van der Waals surface area (Å²) in [5, 5.41) is 4.09. The maximum atomic E-state index is 13.5. The Hall–Kier alpha value is -2.69. The second kappa shape index (κ2) is 7.36. The molecule has 0 unspecified atom stereocenters. The molecule has 0 aromatic heterocycles. The van der Waals surface area contributed by atoms with Crippen LogP contribution < -0.4 is 10.2 Å². The molecule has 2 aromatic carbocycles. The third kappa shape index (κ3) is 3.69. The Labute approximate surface area is 128 Å². The van der Waals surface area contributed by atoms with E-state index in [1.165, 1.54) is 18.2 Å². The molecule has 0 bridgehead atoms. The van der Waals surface area contributed by atoms with Gasteiger partial charge in [0.1, 0.15) is 11.6 Å². The minimum atomic E-state index is -0.572. The first kappa shape index (κ1) is 15.7. The quantitative estimate of drug-likeness (QED) is 0.680. The summed E-state index contributed by atoms with van der Waals surface area (Å²) in [6, 6.07) is 13.1. The number of methoxy groups -OCH3 is 1. The largest absolute Gasteiger partial charge is 0.497 e. The minimum Gasteiger partial charge on any atom is -0.497 e. The molecule has 2 rings (SSSR count). The molecule has 114 valence electrons. The molecule has 0 aliphatic carbocycles. The van der Waals surface area contributed by atoms with E-state index in [4.69, 9.17) is 4.74 Å². The molecule has 0 saturated carbocycles. The maximum absolute atomic E-state index is 13.5. The van der Waals surface area contributed by atoms with Crippen molar-refractivity contribution in [2.45, 2.75) is 13.3 Å². The zero-order valence-corrected chi connectivity index (χ0v) is 12.5. The summed E-state index contributed by atoms with van der Waals surface area (Å²) in [5.74, 6) is -0.398. The van der Waals surface area contributed by atoms with E-state index in [9.17, 15) is 9.18 Å². The second-order valence-electron chi connectivity index (χ2n) is 4.56. The van der Waals surface area contributed by atoms with Crippen molar-refractivity contribution in [2.75, 3.05) is 7.11 Å². The number of benzene rings is 2. The van der Waals surface area contributed by atoms with Gasteiger partial charge in [-0.25, -0.2) is 9.82 Å². The van der Waals surface area contributed by atoms with Gasteiger partial charge in [-0.15, -0.1) is 0 Å². The van der Waals surface area contributed by atoms with E-state index in [2.05, 4.69) is 10.5 Å². The standard InChI is InChI=1S/C17H17FN2O2/c1-3-16(12-8-10-13(22-2)11-9-12)19-20-17(21)14-6-4-5-7-15(14)18/h4-11H,3H2,1-2H3,(H,20,21). The highest BCUT2D eigenvalue weighted by Crippen LogP contribution is 2.13. The average molecular weight is 300 g/mol. The first-order chi connectivity index (χ1) is 10.7. The predicted molar refractivity (Wildman–Crippen MR) is 83.7 cm³/mol. The molecule has 1 amide bonds. The van der Waals surface area contributed by atoms with Crippen LogP contribution in [0.5, 0.6) is 5.75 Å². The number of rotatable bonds is 5. The Morgan fingerprint density at radius 1 is 1.18 bits per heavy atom. The average Bonchev–Trinajstić information content (AvgIpc) is 2.56. The molecule has 0 atom stereocenters. The SMILES string of the molecule is CCC(=NNC(=O)c1ccccc1F)c1ccc(OC)cc1. The van der Waals surface area contributed by atoms with Crippen LogP contribution in [0.15, 0.2) is 53.6 Å². The zero-order chi connectivity index (χ0) is 15.9. The molecule has 0 radical (unpaired) electrons. The molecule has 4 nitrogen and oxygen atoms in total. The van der Waals surface area contributed by atoms with E-state index in [0.29, 0.717) is 12.1 Å². The molecule has 0 aliphatic heterocycles. The lowest BCUT2D eigenvalue weighted by Crippen LogP contribution is -2.21. The third-order valence-electron chi connectivity index (χ3n) is 3.17. The lowest BCUT2D eigenvalue weighted by molar-refractivity contribution is 0.0951. The van der Waals surface area contributed by atoms with E-state index in [1.807, 2.05) is 31.2 Å². The van der Waals surface area contributed by atoms with Crippen LogP contribution in [0.25, 0.3) is 0 Å². The fraction of sp³-hybridized carbons (Fsp3) is 0.176. The number of hydrogen-bond acceptors (Lipinski definition) is 3. The molecule has 2 aromatic rings. The number of amides is 1. The Morgan fingerprint density at radius 2 is 1.86 bits per heavy atom. The normalized spacial score (nSPS) is 11.1. The van der Waals surface area contributed by atoms with Crippen LogP contribution in [-0.4, -0.2) is 18.7 Å². The van der Waals surface area contributed by atoms with Gasteiger partial charge in [-0.1, -0.05) is 19.1 Å². The Bertz CT molecular complexity index is 681.